The van der Waals surface area contributed by atoms with Crippen LogP contribution in [0.1, 0.15) is 37.8 Å². The number of halogens is 3. The Balaban J connectivity index is 2.19. The van der Waals surface area contributed by atoms with Crippen molar-refractivity contribution in [1.29, 1.82) is 0 Å². The molecule has 1 heterocycles. The van der Waals surface area contributed by atoms with Gasteiger partial charge in [0, 0.05) is 25.7 Å². The van der Waals surface area contributed by atoms with E-state index in [0.29, 0.717) is 24.1 Å². The van der Waals surface area contributed by atoms with Crippen LogP contribution in [0.25, 0.3) is 0 Å². The first-order chi connectivity index (χ1) is 10.4. The van der Waals surface area contributed by atoms with Gasteiger partial charge in [-0.15, -0.1) is 0 Å². The molecule has 0 saturated carbocycles. The Morgan fingerprint density at radius 3 is 2.59 bits per heavy atom. The summed E-state index contributed by atoms with van der Waals surface area (Å²) < 4.78 is 39.5. The van der Waals surface area contributed by atoms with E-state index in [0.717, 1.165) is 32.5 Å². The van der Waals surface area contributed by atoms with Gasteiger partial charge in [0.15, 0.2) is 0 Å². The number of rotatable bonds is 5. The van der Waals surface area contributed by atoms with Crippen molar-refractivity contribution in [3.63, 3.8) is 0 Å². The van der Waals surface area contributed by atoms with Crippen LogP contribution in [0.15, 0.2) is 24.3 Å². The zero-order chi connectivity index (χ0) is 16.2. The van der Waals surface area contributed by atoms with E-state index < -0.39 is 11.7 Å². The minimum absolute atomic E-state index is 0.317. The highest BCUT2D eigenvalue weighted by Crippen LogP contribution is 2.33. The number of piperidine rings is 1. The molecule has 1 fully saturated rings. The first-order valence-corrected chi connectivity index (χ1v) is 7.98. The van der Waals surface area contributed by atoms with Gasteiger partial charge in [-0.2, -0.15) is 13.2 Å². The van der Waals surface area contributed by atoms with E-state index in [1.54, 1.807) is 12.1 Å². The van der Waals surface area contributed by atoms with Crippen LogP contribution in [0, 0.1) is 5.92 Å². The van der Waals surface area contributed by atoms with Gasteiger partial charge in [-0.05, 0) is 36.9 Å². The molecule has 0 unspecified atom stereocenters. The molecule has 0 amide bonds. The zero-order valence-electron chi connectivity index (χ0n) is 13.3. The summed E-state index contributed by atoms with van der Waals surface area (Å²) in [6.45, 7) is 7.27. The van der Waals surface area contributed by atoms with Crippen molar-refractivity contribution in [2.24, 2.45) is 5.92 Å². The molecule has 1 N–H and O–H groups in total. The van der Waals surface area contributed by atoms with Crippen LogP contribution in [0.2, 0.25) is 0 Å². The lowest BCUT2D eigenvalue weighted by atomic mass is 10.0. The molecule has 1 aromatic rings. The third kappa shape index (κ3) is 4.71. The third-order valence-electron chi connectivity index (χ3n) is 4.08. The van der Waals surface area contributed by atoms with Crippen LogP contribution in [0.4, 0.5) is 13.2 Å². The van der Waals surface area contributed by atoms with Crippen molar-refractivity contribution in [3.05, 3.63) is 35.4 Å². The van der Waals surface area contributed by atoms with Gasteiger partial charge < -0.3 is 5.32 Å². The Bertz CT molecular complexity index is 465. The lowest BCUT2D eigenvalue weighted by molar-refractivity contribution is -0.138. The fourth-order valence-electron chi connectivity index (χ4n) is 3.11. The number of nitrogens with zero attached hydrogens (tertiary/aromatic N) is 1. The molecule has 0 spiro atoms. The highest BCUT2D eigenvalue weighted by molar-refractivity contribution is 5.29. The van der Waals surface area contributed by atoms with Crippen molar-refractivity contribution in [1.82, 2.24) is 10.2 Å². The summed E-state index contributed by atoms with van der Waals surface area (Å²) in [6, 6.07) is 6.25. The van der Waals surface area contributed by atoms with E-state index in [2.05, 4.69) is 24.1 Å². The quantitative estimate of drug-likeness (QED) is 0.886. The molecular formula is C17H25F3N2. The van der Waals surface area contributed by atoms with Gasteiger partial charge in [0.1, 0.15) is 0 Å². The average Bonchev–Trinajstić information content (AvgIpc) is 2.46. The molecular weight excluding hydrogens is 289 g/mol. The van der Waals surface area contributed by atoms with Crippen molar-refractivity contribution in [2.45, 2.75) is 45.5 Å². The van der Waals surface area contributed by atoms with Gasteiger partial charge in [-0.25, -0.2) is 0 Å². The molecule has 1 saturated heterocycles. The van der Waals surface area contributed by atoms with E-state index in [1.807, 2.05) is 0 Å². The second-order valence-corrected chi connectivity index (χ2v) is 6.48. The maximum Gasteiger partial charge on any atom is 0.416 e. The summed E-state index contributed by atoms with van der Waals surface area (Å²) in [7, 11) is 0. The van der Waals surface area contributed by atoms with E-state index in [9.17, 15) is 13.2 Å². The second kappa shape index (κ2) is 7.47. The Hall–Kier alpha value is -1.07. The number of alkyl halides is 3. The van der Waals surface area contributed by atoms with Gasteiger partial charge in [0.2, 0.25) is 0 Å². The molecule has 5 heteroatoms. The Kier molecular flexibility index (Phi) is 5.87. The highest BCUT2D eigenvalue weighted by atomic mass is 19.4. The lowest BCUT2D eigenvalue weighted by Crippen LogP contribution is -2.47. The summed E-state index contributed by atoms with van der Waals surface area (Å²) >= 11 is 0. The summed E-state index contributed by atoms with van der Waals surface area (Å²) in [5.41, 5.74) is -0.131. The van der Waals surface area contributed by atoms with Crippen molar-refractivity contribution < 1.29 is 13.2 Å². The molecule has 0 radical (unpaired) electrons. The Morgan fingerprint density at radius 1 is 1.27 bits per heavy atom. The SMILES string of the molecule is CC(C)CN(Cc1ccccc1C(F)(F)F)[C@@H]1CCCNC1. The monoisotopic (exact) mass is 314 g/mol. The van der Waals surface area contributed by atoms with Crippen LogP contribution in [-0.2, 0) is 12.7 Å². The maximum absolute atomic E-state index is 13.2. The van der Waals surface area contributed by atoms with Gasteiger partial charge >= 0.3 is 6.18 Å². The van der Waals surface area contributed by atoms with Gasteiger partial charge in [-0.1, -0.05) is 32.0 Å². The number of hydrogen-bond donors (Lipinski definition) is 1. The molecule has 2 rings (SSSR count). The zero-order valence-corrected chi connectivity index (χ0v) is 13.3. The molecule has 1 aliphatic rings. The third-order valence-corrected chi connectivity index (χ3v) is 4.08. The summed E-state index contributed by atoms with van der Waals surface area (Å²) in [5, 5.41) is 3.36. The van der Waals surface area contributed by atoms with Crippen LogP contribution in [0.5, 0.6) is 0 Å². The van der Waals surface area contributed by atoms with Crippen molar-refractivity contribution >= 4 is 0 Å². The fourth-order valence-corrected chi connectivity index (χ4v) is 3.11. The normalized spacial score (nSPS) is 19.9. The smallest absolute Gasteiger partial charge is 0.315 e. The Labute approximate surface area is 130 Å². The first-order valence-electron chi connectivity index (χ1n) is 7.98. The average molecular weight is 314 g/mol. The predicted molar refractivity (Wildman–Crippen MR) is 82.6 cm³/mol. The second-order valence-electron chi connectivity index (χ2n) is 6.48. The molecule has 1 aliphatic heterocycles. The summed E-state index contributed by atoms with van der Waals surface area (Å²) in [5.74, 6) is 0.431. The van der Waals surface area contributed by atoms with Gasteiger partial charge in [-0.3, -0.25) is 4.90 Å². The highest BCUT2D eigenvalue weighted by Gasteiger charge is 2.34. The number of hydrogen-bond acceptors (Lipinski definition) is 2. The van der Waals surface area contributed by atoms with E-state index >= 15 is 0 Å². The number of nitrogens with one attached hydrogen (secondary N) is 1. The first kappa shape index (κ1) is 17.3. The minimum atomic E-state index is -4.29. The van der Waals surface area contributed by atoms with Crippen LogP contribution in [-0.4, -0.2) is 30.6 Å². The van der Waals surface area contributed by atoms with Crippen LogP contribution < -0.4 is 5.32 Å². The maximum atomic E-state index is 13.2. The van der Waals surface area contributed by atoms with E-state index in [-0.39, 0.29) is 0 Å². The van der Waals surface area contributed by atoms with Crippen molar-refractivity contribution in [2.75, 3.05) is 19.6 Å². The van der Waals surface area contributed by atoms with Crippen LogP contribution in [0.3, 0.4) is 0 Å². The molecule has 1 aromatic carbocycles. The summed E-state index contributed by atoms with van der Waals surface area (Å²) in [4.78, 5) is 2.21. The molecule has 0 bridgehead atoms. The van der Waals surface area contributed by atoms with Crippen LogP contribution >= 0.6 is 0 Å². The van der Waals surface area contributed by atoms with E-state index in [1.165, 1.54) is 12.1 Å². The summed E-state index contributed by atoms with van der Waals surface area (Å²) in [6.07, 6.45) is -2.15. The Morgan fingerprint density at radius 2 is 2.00 bits per heavy atom. The number of benzene rings is 1. The largest absolute Gasteiger partial charge is 0.416 e. The lowest BCUT2D eigenvalue weighted by Gasteiger charge is -2.36. The van der Waals surface area contributed by atoms with E-state index in [4.69, 9.17) is 0 Å². The molecule has 2 nitrogen and oxygen atoms in total. The molecule has 0 aromatic heterocycles. The standard InChI is InChI=1S/C17H25F3N2/c1-13(2)11-22(15-7-5-9-21-10-15)12-14-6-3-4-8-16(14)17(18,19)20/h3-4,6,8,13,15,21H,5,7,9-12H2,1-2H3/t15-/m1/s1. The van der Waals surface area contributed by atoms with Gasteiger partial charge in [0.05, 0.1) is 5.56 Å². The molecule has 124 valence electrons. The molecule has 1 atom stereocenters. The van der Waals surface area contributed by atoms with Gasteiger partial charge in [0.25, 0.3) is 0 Å². The minimum Gasteiger partial charge on any atom is -0.315 e. The molecule has 0 aliphatic carbocycles. The fraction of sp³-hybridized carbons (Fsp3) is 0.647. The van der Waals surface area contributed by atoms with Crippen molar-refractivity contribution in [3.8, 4) is 0 Å². The predicted octanol–water partition coefficient (Wildman–Crippen LogP) is 3.92. The molecule has 22 heavy (non-hydrogen) atoms. The topological polar surface area (TPSA) is 15.3 Å².